The van der Waals surface area contributed by atoms with Gasteiger partial charge in [-0.2, -0.15) is 0 Å². The second-order valence-electron chi connectivity index (χ2n) is 9.21. The van der Waals surface area contributed by atoms with Gasteiger partial charge >= 0.3 is 6.09 Å². The van der Waals surface area contributed by atoms with Crippen LogP contribution in [0.15, 0.2) is 18.2 Å². The predicted molar refractivity (Wildman–Crippen MR) is 115 cm³/mol. The number of benzene rings is 1. The van der Waals surface area contributed by atoms with E-state index in [0.717, 1.165) is 30.0 Å². The lowest BCUT2D eigenvalue weighted by Crippen LogP contribution is -2.50. The lowest BCUT2D eigenvalue weighted by atomic mass is 9.83. The molecule has 3 atom stereocenters. The van der Waals surface area contributed by atoms with E-state index in [2.05, 4.69) is 24.8 Å². The van der Waals surface area contributed by atoms with Crippen LogP contribution in [0, 0.1) is 5.92 Å². The third-order valence-electron chi connectivity index (χ3n) is 6.00. The number of carbonyl (C=O) groups is 2. The number of rotatable bonds is 1. The topological polar surface area (TPSA) is 79.1 Å². The Labute approximate surface area is 173 Å². The summed E-state index contributed by atoms with van der Waals surface area (Å²) in [5.74, 6) is 0.210. The molecule has 2 amide bonds. The molecule has 0 unspecified atom stereocenters. The fourth-order valence-corrected chi connectivity index (χ4v) is 4.19. The number of hydrogen-bond acceptors (Lipinski definition) is 5. The molecule has 2 aliphatic rings. The van der Waals surface area contributed by atoms with Crippen LogP contribution in [0.3, 0.4) is 0 Å². The summed E-state index contributed by atoms with van der Waals surface area (Å²) >= 11 is 0. The van der Waals surface area contributed by atoms with Gasteiger partial charge in [-0.3, -0.25) is 4.79 Å². The minimum atomic E-state index is -0.487. The zero-order valence-corrected chi connectivity index (χ0v) is 18.4. The second-order valence-corrected chi connectivity index (χ2v) is 9.21. The Bertz CT molecular complexity index is 781. The number of amides is 2. The Morgan fingerprint density at radius 1 is 1.10 bits per heavy atom. The van der Waals surface area contributed by atoms with Crippen LogP contribution in [0.4, 0.5) is 16.2 Å². The number of hydrogen-bond donors (Lipinski definition) is 1. The SMILES string of the molecule is CC(=O)N1c2ccc(N3CCN(C(=O)OC(C)(C)C)CC3)cc2[C@H](N)[C@@H](C)[C@@H]1C. The minimum absolute atomic E-state index is 0.0382. The summed E-state index contributed by atoms with van der Waals surface area (Å²) in [5.41, 5.74) is 9.05. The Hall–Kier alpha value is -2.28. The molecule has 3 rings (SSSR count). The van der Waals surface area contributed by atoms with E-state index in [-0.39, 0.29) is 30.0 Å². The van der Waals surface area contributed by atoms with Crippen LogP contribution in [0.5, 0.6) is 0 Å². The average molecular weight is 403 g/mol. The molecule has 160 valence electrons. The fourth-order valence-electron chi connectivity index (χ4n) is 4.19. The molecule has 29 heavy (non-hydrogen) atoms. The summed E-state index contributed by atoms with van der Waals surface area (Å²) in [4.78, 5) is 30.4. The first-order valence-electron chi connectivity index (χ1n) is 10.4. The number of nitrogens with zero attached hydrogens (tertiary/aromatic N) is 3. The van der Waals surface area contributed by atoms with Gasteiger partial charge in [-0.25, -0.2) is 4.79 Å². The van der Waals surface area contributed by atoms with Gasteiger partial charge in [0.1, 0.15) is 5.60 Å². The zero-order chi connectivity index (χ0) is 21.5. The molecule has 2 heterocycles. The predicted octanol–water partition coefficient (Wildman–Crippen LogP) is 3.13. The van der Waals surface area contributed by atoms with Crippen LogP contribution in [0.25, 0.3) is 0 Å². The van der Waals surface area contributed by atoms with Crippen molar-refractivity contribution in [3.05, 3.63) is 23.8 Å². The second kappa shape index (κ2) is 7.86. The highest BCUT2D eigenvalue weighted by Gasteiger charge is 2.36. The summed E-state index contributed by atoms with van der Waals surface area (Å²) in [6, 6.07) is 6.13. The van der Waals surface area contributed by atoms with Crippen molar-refractivity contribution in [3.8, 4) is 0 Å². The minimum Gasteiger partial charge on any atom is -0.444 e. The molecule has 0 aliphatic carbocycles. The average Bonchev–Trinajstić information content (AvgIpc) is 2.64. The maximum Gasteiger partial charge on any atom is 0.410 e. The van der Waals surface area contributed by atoms with Crippen molar-refractivity contribution in [2.75, 3.05) is 36.0 Å². The monoisotopic (exact) mass is 402 g/mol. The molecule has 7 heteroatoms. The van der Waals surface area contributed by atoms with Crippen LogP contribution in [0.2, 0.25) is 0 Å². The van der Waals surface area contributed by atoms with E-state index in [4.69, 9.17) is 10.5 Å². The van der Waals surface area contributed by atoms with Gasteiger partial charge in [0.25, 0.3) is 0 Å². The van der Waals surface area contributed by atoms with E-state index >= 15 is 0 Å². The quantitative estimate of drug-likeness (QED) is 0.781. The van der Waals surface area contributed by atoms with Gasteiger partial charge in [-0.15, -0.1) is 0 Å². The van der Waals surface area contributed by atoms with E-state index in [0.29, 0.717) is 13.1 Å². The smallest absolute Gasteiger partial charge is 0.410 e. The molecule has 1 fully saturated rings. The first-order valence-corrected chi connectivity index (χ1v) is 10.4. The van der Waals surface area contributed by atoms with Gasteiger partial charge in [0.15, 0.2) is 0 Å². The highest BCUT2D eigenvalue weighted by atomic mass is 16.6. The van der Waals surface area contributed by atoms with E-state index in [1.54, 1.807) is 11.8 Å². The van der Waals surface area contributed by atoms with Gasteiger partial charge in [-0.1, -0.05) is 6.92 Å². The van der Waals surface area contributed by atoms with Gasteiger partial charge in [0, 0.05) is 56.6 Å². The van der Waals surface area contributed by atoms with Gasteiger partial charge in [0.2, 0.25) is 5.91 Å². The Morgan fingerprint density at radius 2 is 1.72 bits per heavy atom. The molecule has 1 aromatic carbocycles. The summed E-state index contributed by atoms with van der Waals surface area (Å²) < 4.78 is 5.48. The van der Waals surface area contributed by atoms with Crippen LogP contribution in [0.1, 0.15) is 53.1 Å². The number of anilines is 2. The Morgan fingerprint density at radius 3 is 2.28 bits per heavy atom. The van der Waals surface area contributed by atoms with Crippen molar-refractivity contribution in [1.29, 1.82) is 0 Å². The van der Waals surface area contributed by atoms with Gasteiger partial charge in [0.05, 0.1) is 0 Å². The van der Waals surface area contributed by atoms with Crippen LogP contribution < -0.4 is 15.5 Å². The molecule has 0 spiro atoms. The highest BCUT2D eigenvalue weighted by Crippen LogP contribution is 2.41. The normalized spacial score (nSPS) is 24.9. The van der Waals surface area contributed by atoms with Crippen LogP contribution >= 0.6 is 0 Å². The first-order chi connectivity index (χ1) is 13.5. The molecule has 0 saturated carbocycles. The standard InChI is InChI=1S/C22H34N4O3/c1-14-15(2)26(16(3)27)19-8-7-17(13-18(19)20(14)23)24-9-11-25(12-10-24)21(28)29-22(4,5)6/h7-8,13-15,20H,9-12,23H2,1-6H3/t14-,15-,20+/m0/s1. The Kier molecular flexibility index (Phi) is 5.81. The van der Waals surface area contributed by atoms with Crippen LogP contribution in [-0.2, 0) is 9.53 Å². The van der Waals surface area contributed by atoms with E-state index in [1.807, 2.05) is 37.8 Å². The van der Waals surface area contributed by atoms with Crippen molar-refractivity contribution in [2.45, 2.75) is 59.2 Å². The molecule has 0 bridgehead atoms. The molecule has 7 nitrogen and oxygen atoms in total. The number of nitrogens with two attached hydrogens (primary N) is 1. The molecule has 1 saturated heterocycles. The molecule has 1 aromatic rings. The van der Waals surface area contributed by atoms with Crippen molar-refractivity contribution >= 4 is 23.4 Å². The van der Waals surface area contributed by atoms with Gasteiger partial charge in [-0.05, 0) is 57.4 Å². The summed E-state index contributed by atoms with van der Waals surface area (Å²) in [5, 5.41) is 0. The summed E-state index contributed by atoms with van der Waals surface area (Å²) in [7, 11) is 0. The lowest BCUT2D eigenvalue weighted by Gasteiger charge is -2.43. The number of piperazine rings is 1. The van der Waals surface area contributed by atoms with E-state index < -0.39 is 5.60 Å². The molecular weight excluding hydrogens is 368 g/mol. The molecule has 2 aliphatic heterocycles. The third-order valence-corrected chi connectivity index (χ3v) is 6.00. The zero-order valence-electron chi connectivity index (χ0n) is 18.4. The molecular formula is C22H34N4O3. The van der Waals surface area contributed by atoms with E-state index in [1.165, 1.54) is 0 Å². The fraction of sp³-hybridized carbons (Fsp3) is 0.636. The molecule has 0 aromatic heterocycles. The lowest BCUT2D eigenvalue weighted by molar-refractivity contribution is -0.117. The van der Waals surface area contributed by atoms with Crippen molar-refractivity contribution in [3.63, 3.8) is 0 Å². The largest absolute Gasteiger partial charge is 0.444 e. The maximum atomic E-state index is 12.3. The van der Waals surface area contributed by atoms with Gasteiger partial charge < -0.3 is 25.2 Å². The summed E-state index contributed by atoms with van der Waals surface area (Å²) in [6.07, 6.45) is -0.260. The van der Waals surface area contributed by atoms with Crippen LogP contribution in [-0.4, -0.2) is 54.7 Å². The van der Waals surface area contributed by atoms with Crippen molar-refractivity contribution in [1.82, 2.24) is 4.90 Å². The molecule has 2 N–H and O–H groups in total. The summed E-state index contributed by atoms with van der Waals surface area (Å²) in [6.45, 7) is 14.1. The third kappa shape index (κ3) is 4.34. The van der Waals surface area contributed by atoms with E-state index in [9.17, 15) is 9.59 Å². The number of carbonyl (C=O) groups excluding carboxylic acids is 2. The Balaban J connectivity index is 1.76. The van der Waals surface area contributed by atoms with Crippen molar-refractivity contribution in [2.24, 2.45) is 11.7 Å². The molecule has 0 radical (unpaired) electrons. The maximum absolute atomic E-state index is 12.3. The highest BCUT2D eigenvalue weighted by molar-refractivity contribution is 5.94. The van der Waals surface area contributed by atoms with Crippen molar-refractivity contribution < 1.29 is 14.3 Å². The number of ether oxygens (including phenoxy) is 1. The number of fused-ring (bicyclic) bond motifs is 1. The first kappa shape index (κ1) is 21.4.